The third-order valence-corrected chi connectivity index (χ3v) is 13.4. The molecule has 8 bridgehead atoms. The first-order valence-electron chi connectivity index (χ1n) is 18.4. The summed E-state index contributed by atoms with van der Waals surface area (Å²) in [5, 5.41) is 46.0. The fourth-order valence-corrected chi connectivity index (χ4v) is 10.1. The first-order valence-corrected chi connectivity index (χ1v) is 18.9. The van der Waals surface area contributed by atoms with E-state index in [4.69, 9.17) is 21.5 Å². The summed E-state index contributed by atoms with van der Waals surface area (Å²) in [6, 6.07) is 0.960. The van der Waals surface area contributed by atoms with E-state index in [-0.39, 0.29) is 89.2 Å². The van der Waals surface area contributed by atoms with Gasteiger partial charge in [0.25, 0.3) is 0 Å². The van der Waals surface area contributed by atoms with Gasteiger partial charge in [0.05, 0.1) is 6.04 Å². The average Bonchev–Trinajstić information content (AvgIpc) is 3.71. The number of aliphatic carboxylic acids is 3. The van der Waals surface area contributed by atoms with Gasteiger partial charge in [-0.05, 0) is 42.4 Å². The van der Waals surface area contributed by atoms with Crippen LogP contribution in [0.15, 0.2) is 25.3 Å². The summed E-state index contributed by atoms with van der Waals surface area (Å²) in [6.07, 6.45) is 9.62. The molecular weight excluding hydrogens is 714 g/mol. The van der Waals surface area contributed by atoms with Crippen molar-refractivity contribution < 1.29 is 52.2 Å². The first-order chi connectivity index (χ1) is 23.2. The molecule has 17 unspecified atom stereocenters. The number of carboxylic acid groups (broad SMARTS) is 3. The zero-order valence-corrected chi connectivity index (χ0v) is 32.5. The van der Waals surface area contributed by atoms with Crippen LogP contribution in [0.4, 0.5) is 0 Å². The minimum absolute atomic E-state index is 0. The van der Waals surface area contributed by atoms with Gasteiger partial charge in [0.15, 0.2) is 0 Å². The molecule has 0 aromatic rings. The second-order valence-corrected chi connectivity index (χ2v) is 16.0. The molecule has 0 saturated carbocycles. The number of nitrogens with two attached hydrogens (primary N) is 1. The Morgan fingerprint density at radius 3 is 1.73 bits per heavy atom. The third kappa shape index (κ3) is 10.8. The summed E-state index contributed by atoms with van der Waals surface area (Å²) < 4.78 is 0. The summed E-state index contributed by atoms with van der Waals surface area (Å²) in [4.78, 5) is 33.0. The van der Waals surface area contributed by atoms with Crippen LogP contribution in [0.25, 0.3) is 10.6 Å². The summed E-state index contributed by atoms with van der Waals surface area (Å²) >= 11 is 4.35. The van der Waals surface area contributed by atoms with Crippen LogP contribution in [0.5, 0.6) is 0 Å². The van der Waals surface area contributed by atoms with Gasteiger partial charge < -0.3 is 60.4 Å². The maximum absolute atomic E-state index is 11.6. The zero-order chi connectivity index (χ0) is 36.2. The van der Waals surface area contributed by atoms with Gasteiger partial charge in [-0.3, -0.25) is 14.4 Å². The summed E-state index contributed by atoms with van der Waals surface area (Å²) in [5.41, 5.74) is 4.91. The zero-order valence-electron chi connectivity index (χ0n) is 30.5. The van der Waals surface area contributed by atoms with Gasteiger partial charge in [-0.15, -0.1) is 37.3 Å². The maximum atomic E-state index is 11.6. The van der Waals surface area contributed by atoms with Crippen LogP contribution in [0.1, 0.15) is 79.1 Å². The number of hydrogen-bond donors (Lipinski definition) is 6. The van der Waals surface area contributed by atoms with Crippen LogP contribution in [-0.2, 0) is 44.1 Å². The minimum atomic E-state index is -1.03. The van der Waals surface area contributed by atoms with E-state index in [2.05, 4.69) is 76.3 Å². The molecule has 5 aliphatic heterocycles. The van der Waals surface area contributed by atoms with Crippen LogP contribution < -0.4 is 16.4 Å². The van der Waals surface area contributed by atoms with Crippen molar-refractivity contribution in [1.82, 2.24) is 10.6 Å². The van der Waals surface area contributed by atoms with Gasteiger partial charge in [0.1, 0.15) is 0 Å². The van der Waals surface area contributed by atoms with Gasteiger partial charge in [-0.25, -0.2) is 0 Å². The molecule has 14 heteroatoms. The van der Waals surface area contributed by atoms with Crippen molar-refractivity contribution in [2.45, 2.75) is 133 Å². The summed E-state index contributed by atoms with van der Waals surface area (Å²) in [7, 11) is 0. The molecular formula is C37H62FeN5O7S. The van der Waals surface area contributed by atoms with Crippen molar-refractivity contribution in [2.75, 3.05) is 5.75 Å². The molecule has 12 nitrogen and oxygen atoms in total. The van der Waals surface area contributed by atoms with Crippen molar-refractivity contribution in [3.8, 4) is 0 Å². The Hall–Kier alpha value is -1.48. The van der Waals surface area contributed by atoms with Crippen molar-refractivity contribution in [2.24, 2.45) is 53.1 Å². The quantitative estimate of drug-likeness (QED) is 0.107. The number of fused-ring (bicyclic) bond motifs is 8. The Balaban J connectivity index is 0.000000910. The van der Waals surface area contributed by atoms with E-state index < -0.39 is 23.9 Å². The Morgan fingerprint density at radius 1 is 0.725 bits per heavy atom. The largest absolute Gasteiger partial charge is 3.00 e. The number of carboxylic acids is 3. The monoisotopic (exact) mass is 776 g/mol. The van der Waals surface area contributed by atoms with Crippen molar-refractivity contribution in [3.05, 3.63) is 35.9 Å². The van der Waals surface area contributed by atoms with Crippen LogP contribution in [0, 0.1) is 47.3 Å². The Kier molecular flexibility index (Phi) is 18.2. The number of nitrogens with one attached hydrogen (secondary N) is 2. The minimum Gasteiger partial charge on any atom is -0.791 e. The van der Waals surface area contributed by atoms with E-state index in [1.54, 1.807) is 0 Å². The fourth-order valence-electron chi connectivity index (χ4n) is 10.0. The molecule has 0 spiro atoms. The second kappa shape index (κ2) is 20.3. The molecule has 5 heterocycles. The number of nitrogens with zero attached hydrogens (tertiary/aromatic N) is 2. The molecule has 17 atom stereocenters. The number of carbonyl (C=O) groups is 3. The molecule has 5 saturated heterocycles. The van der Waals surface area contributed by atoms with Gasteiger partial charge in [0.2, 0.25) is 0 Å². The predicted molar refractivity (Wildman–Crippen MR) is 198 cm³/mol. The third-order valence-electron chi connectivity index (χ3n) is 13.0. The maximum Gasteiger partial charge on any atom is 3.00 e. The molecule has 291 valence electrons. The molecule has 0 amide bonds. The van der Waals surface area contributed by atoms with Gasteiger partial charge >= 0.3 is 35.0 Å². The molecule has 0 aromatic carbocycles. The molecule has 5 rings (SSSR count). The van der Waals surface area contributed by atoms with Crippen LogP contribution >= 0.6 is 0 Å². The van der Waals surface area contributed by atoms with Crippen LogP contribution in [-0.4, -0.2) is 98.8 Å². The number of rotatable bonds is 10. The SMILES string of the molecule is C=CC1C2CC3NC(CC4[N-]C(CC5NC(CC([N-]2)C1C)C(C)C5CCC(=O)O)C(CCC(=O)O)C4C)C(C=C)C3C.NC(C[S-])C(=O)O.O.[Fe+3]. The Labute approximate surface area is 320 Å². The van der Waals surface area contributed by atoms with Gasteiger partial charge in [-0.1, -0.05) is 83.3 Å². The van der Waals surface area contributed by atoms with E-state index >= 15 is 0 Å². The molecule has 9 N–H and O–H groups in total. The van der Waals surface area contributed by atoms with E-state index in [1.807, 2.05) is 0 Å². The smallest absolute Gasteiger partial charge is 0.791 e. The average molecular weight is 777 g/mol. The van der Waals surface area contributed by atoms with Crippen LogP contribution in [0.3, 0.4) is 0 Å². The predicted octanol–water partition coefficient (Wildman–Crippen LogP) is 3.72. The second-order valence-electron chi connectivity index (χ2n) is 15.6. The topological polar surface area (TPSA) is 222 Å². The first kappa shape index (κ1) is 45.7. The Bertz CT molecular complexity index is 1190. The molecule has 51 heavy (non-hydrogen) atoms. The van der Waals surface area contributed by atoms with Crippen molar-refractivity contribution in [3.63, 3.8) is 0 Å². The van der Waals surface area contributed by atoms with Gasteiger partial charge in [0, 0.05) is 37.0 Å². The normalized spacial score (nSPS) is 41.9. The van der Waals surface area contributed by atoms with Crippen LogP contribution in [0.2, 0.25) is 0 Å². The molecule has 0 aliphatic carbocycles. The van der Waals surface area contributed by atoms with Gasteiger partial charge in [-0.2, -0.15) is 5.75 Å². The standard InChI is InChI=1S/C34H54N4O4.C3H7NO2S.Fe.H2O/c1-7-21-17(3)25-13-26-19(5)23(9-11-33(39)40)31(37-26)16-32-24(10-12-34(41)42)20(6)28(38-32)15-30-22(8-2)18(4)27(36-30)14-29(21)35-25;4-2(1-7)3(5)6;;/h7-8,17-32,36-37H,1-2,9-16H2,3-6H3,(H,39,40)(H,41,42);2,7H,1,4H2,(H,5,6);;1H2/q-2;;+3;/p-1. The molecule has 0 aromatic heterocycles. The molecule has 5 fully saturated rings. The summed E-state index contributed by atoms with van der Waals surface area (Å²) in [6.45, 7) is 17.7. The fraction of sp³-hybridized carbons (Fsp3) is 0.811. The van der Waals surface area contributed by atoms with Crippen molar-refractivity contribution >= 4 is 30.5 Å². The number of hydrogen-bond acceptors (Lipinski definition) is 7. The van der Waals surface area contributed by atoms with E-state index in [0.29, 0.717) is 60.4 Å². The Morgan fingerprint density at radius 2 is 1.20 bits per heavy atom. The molecule has 1 radical (unpaired) electrons. The van der Waals surface area contributed by atoms with Crippen molar-refractivity contribution in [1.29, 1.82) is 0 Å². The van der Waals surface area contributed by atoms with E-state index in [0.717, 1.165) is 25.7 Å². The summed E-state index contributed by atoms with van der Waals surface area (Å²) in [5.74, 6) is 0.259. The van der Waals surface area contributed by atoms with E-state index in [1.165, 1.54) is 0 Å². The van der Waals surface area contributed by atoms with E-state index in [9.17, 15) is 24.6 Å². The molecule has 5 aliphatic rings.